The van der Waals surface area contributed by atoms with Crippen LogP contribution >= 0.6 is 0 Å². The van der Waals surface area contributed by atoms with Crippen molar-refractivity contribution in [3.05, 3.63) is 63.7 Å². The summed E-state index contributed by atoms with van der Waals surface area (Å²) in [6.07, 6.45) is 0. The van der Waals surface area contributed by atoms with Gasteiger partial charge in [0.2, 0.25) is 0 Å². The Morgan fingerprint density at radius 1 is 1.25 bits per heavy atom. The van der Waals surface area contributed by atoms with E-state index in [1.807, 2.05) is 0 Å². The van der Waals surface area contributed by atoms with E-state index in [2.05, 4.69) is 5.32 Å². The van der Waals surface area contributed by atoms with Crippen molar-refractivity contribution >= 4 is 17.3 Å². The van der Waals surface area contributed by atoms with E-state index in [0.717, 1.165) is 0 Å². The van der Waals surface area contributed by atoms with E-state index < -0.39 is 10.8 Å². The van der Waals surface area contributed by atoms with Crippen molar-refractivity contribution in [1.29, 1.82) is 0 Å². The summed E-state index contributed by atoms with van der Waals surface area (Å²) in [5, 5.41) is 23.0. The van der Waals surface area contributed by atoms with Crippen molar-refractivity contribution in [3.63, 3.8) is 0 Å². The Morgan fingerprint density at radius 3 is 2.65 bits per heavy atom. The standard InChI is InChI=1S/C14H12N2O4/c1-9-4-2-7-12(13(9)17)14(18)15-10-5-3-6-11(8-10)16(19)20/h2-8,17H,1H3,(H,15,18). The molecule has 2 rings (SSSR count). The first-order valence-electron chi connectivity index (χ1n) is 5.83. The summed E-state index contributed by atoms with van der Waals surface area (Å²) in [6.45, 7) is 1.68. The highest BCUT2D eigenvalue weighted by atomic mass is 16.6. The number of nitrogens with one attached hydrogen (secondary N) is 1. The summed E-state index contributed by atoms with van der Waals surface area (Å²) in [7, 11) is 0. The summed E-state index contributed by atoms with van der Waals surface area (Å²) in [6, 6.07) is 10.4. The topological polar surface area (TPSA) is 92.5 Å². The summed E-state index contributed by atoms with van der Waals surface area (Å²) in [4.78, 5) is 22.1. The predicted octanol–water partition coefficient (Wildman–Crippen LogP) is 2.86. The second kappa shape index (κ2) is 5.40. The Kier molecular flexibility index (Phi) is 3.65. The smallest absolute Gasteiger partial charge is 0.271 e. The fourth-order valence-corrected chi connectivity index (χ4v) is 1.74. The highest BCUT2D eigenvalue weighted by Gasteiger charge is 2.14. The monoisotopic (exact) mass is 272 g/mol. The molecule has 102 valence electrons. The van der Waals surface area contributed by atoms with Crippen molar-refractivity contribution in [1.82, 2.24) is 0 Å². The van der Waals surface area contributed by atoms with Crippen LogP contribution in [0.25, 0.3) is 0 Å². The van der Waals surface area contributed by atoms with Crippen molar-refractivity contribution < 1.29 is 14.8 Å². The van der Waals surface area contributed by atoms with Gasteiger partial charge in [0.05, 0.1) is 10.5 Å². The van der Waals surface area contributed by atoms with Crippen LogP contribution in [-0.4, -0.2) is 15.9 Å². The van der Waals surface area contributed by atoms with E-state index in [1.54, 1.807) is 19.1 Å². The van der Waals surface area contributed by atoms with Crippen LogP contribution < -0.4 is 5.32 Å². The molecule has 20 heavy (non-hydrogen) atoms. The second-order valence-corrected chi connectivity index (χ2v) is 4.23. The lowest BCUT2D eigenvalue weighted by Gasteiger charge is -2.08. The molecular weight excluding hydrogens is 260 g/mol. The average Bonchev–Trinajstić information content (AvgIpc) is 2.42. The van der Waals surface area contributed by atoms with Gasteiger partial charge in [0, 0.05) is 17.8 Å². The SMILES string of the molecule is Cc1cccc(C(=O)Nc2cccc([N+](=O)[O-])c2)c1O. The zero-order valence-corrected chi connectivity index (χ0v) is 10.7. The highest BCUT2D eigenvalue weighted by Crippen LogP contribution is 2.23. The Labute approximate surface area is 114 Å². The van der Waals surface area contributed by atoms with Crippen LogP contribution in [0.1, 0.15) is 15.9 Å². The van der Waals surface area contributed by atoms with Gasteiger partial charge < -0.3 is 10.4 Å². The Balaban J connectivity index is 2.26. The van der Waals surface area contributed by atoms with Gasteiger partial charge in [-0.2, -0.15) is 0 Å². The Hall–Kier alpha value is -2.89. The van der Waals surface area contributed by atoms with Crippen LogP contribution in [0.3, 0.4) is 0 Å². The van der Waals surface area contributed by atoms with Crippen LogP contribution in [0, 0.1) is 17.0 Å². The maximum atomic E-state index is 12.0. The van der Waals surface area contributed by atoms with Crippen molar-refractivity contribution in [2.75, 3.05) is 5.32 Å². The molecule has 0 saturated heterocycles. The number of amides is 1. The third-order valence-corrected chi connectivity index (χ3v) is 2.80. The number of rotatable bonds is 3. The molecule has 0 spiro atoms. The molecule has 6 heteroatoms. The number of phenolic OH excluding ortho intramolecular Hbond substituents is 1. The molecule has 1 amide bonds. The zero-order chi connectivity index (χ0) is 14.7. The van der Waals surface area contributed by atoms with E-state index in [4.69, 9.17) is 0 Å². The van der Waals surface area contributed by atoms with Gasteiger partial charge in [-0.25, -0.2) is 0 Å². The normalized spacial score (nSPS) is 10.1. The van der Waals surface area contributed by atoms with Gasteiger partial charge >= 0.3 is 0 Å². The van der Waals surface area contributed by atoms with Gasteiger partial charge in [0.1, 0.15) is 5.75 Å². The van der Waals surface area contributed by atoms with Gasteiger partial charge in [-0.05, 0) is 24.6 Å². The molecule has 0 heterocycles. The lowest BCUT2D eigenvalue weighted by atomic mass is 10.1. The number of carbonyl (C=O) groups excluding carboxylic acids is 1. The highest BCUT2D eigenvalue weighted by molar-refractivity contribution is 6.06. The van der Waals surface area contributed by atoms with Crippen LogP contribution in [0.15, 0.2) is 42.5 Å². The van der Waals surface area contributed by atoms with E-state index in [0.29, 0.717) is 11.3 Å². The second-order valence-electron chi connectivity index (χ2n) is 4.23. The quantitative estimate of drug-likeness (QED) is 0.663. The molecule has 0 bridgehead atoms. The molecule has 0 radical (unpaired) electrons. The molecule has 0 saturated carbocycles. The molecule has 2 N–H and O–H groups in total. The average molecular weight is 272 g/mol. The molecule has 0 aliphatic heterocycles. The number of nitrogens with zero attached hydrogens (tertiary/aromatic N) is 1. The largest absolute Gasteiger partial charge is 0.507 e. The molecule has 0 aromatic heterocycles. The number of benzene rings is 2. The van der Waals surface area contributed by atoms with E-state index in [-0.39, 0.29) is 17.0 Å². The maximum absolute atomic E-state index is 12.0. The fourth-order valence-electron chi connectivity index (χ4n) is 1.74. The fraction of sp³-hybridized carbons (Fsp3) is 0.0714. The third-order valence-electron chi connectivity index (χ3n) is 2.80. The lowest BCUT2D eigenvalue weighted by Crippen LogP contribution is -2.12. The van der Waals surface area contributed by atoms with E-state index in [1.165, 1.54) is 30.3 Å². The first-order valence-corrected chi connectivity index (χ1v) is 5.83. The maximum Gasteiger partial charge on any atom is 0.271 e. The molecule has 2 aromatic rings. The number of carbonyl (C=O) groups is 1. The summed E-state index contributed by atoms with van der Waals surface area (Å²) in [5.41, 5.74) is 0.884. The molecule has 0 aliphatic carbocycles. The Bertz CT molecular complexity index is 683. The first kappa shape index (κ1) is 13.5. The number of nitro groups is 1. The number of non-ortho nitro benzene ring substituents is 1. The minimum absolute atomic E-state index is 0.101. The minimum Gasteiger partial charge on any atom is -0.507 e. The number of hydrogen-bond acceptors (Lipinski definition) is 4. The van der Waals surface area contributed by atoms with Gasteiger partial charge in [-0.15, -0.1) is 0 Å². The van der Waals surface area contributed by atoms with Crippen LogP contribution in [-0.2, 0) is 0 Å². The first-order chi connectivity index (χ1) is 9.49. The van der Waals surface area contributed by atoms with E-state index in [9.17, 15) is 20.0 Å². The third kappa shape index (κ3) is 2.74. The number of aromatic hydroxyl groups is 1. The van der Waals surface area contributed by atoms with Crippen molar-refractivity contribution in [2.24, 2.45) is 0 Å². The lowest BCUT2D eigenvalue weighted by molar-refractivity contribution is -0.384. The number of hydrogen-bond donors (Lipinski definition) is 2. The van der Waals surface area contributed by atoms with Crippen LogP contribution in [0.4, 0.5) is 11.4 Å². The Morgan fingerprint density at radius 2 is 1.95 bits per heavy atom. The summed E-state index contributed by atoms with van der Waals surface area (Å²) >= 11 is 0. The van der Waals surface area contributed by atoms with Crippen molar-refractivity contribution in [3.8, 4) is 5.75 Å². The van der Waals surface area contributed by atoms with Crippen LogP contribution in [0.5, 0.6) is 5.75 Å². The number of para-hydroxylation sites is 1. The number of phenols is 1. The molecule has 0 aliphatic rings. The predicted molar refractivity (Wildman–Crippen MR) is 73.9 cm³/mol. The van der Waals surface area contributed by atoms with E-state index >= 15 is 0 Å². The molecule has 0 atom stereocenters. The van der Waals surface area contributed by atoms with Gasteiger partial charge in [0.15, 0.2) is 0 Å². The minimum atomic E-state index is -0.542. The number of aryl methyl sites for hydroxylation is 1. The molecular formula is C14H12N2O4. The number of anilines is 1. The van der Waals surface area contributed by atoms with Gasteiger partial charge in [0.25, 0.3) is 11.6 Å². The molecule has 2 aromatic carbocycles. The van der Waals surface area contributed by atoms with Gasteiger partial charge in [-0.3, -0.25) is 14.9 Å². The zero-order valence-electron chi connectivity index (χ0n) is 10.7. The molecule has 0 unspecified atom stereocenters. The molecule has 6 nitrogen and oxygen atoms in total. The summed E-state index contributed by atoms with van der Waals surface area (Å²) in [5.74, 6) is -0.623. The van der Waals surface area contributed by atoms with Crippen molar-refractivity contribution in [2.45, 2.75) is 6.92 Å². The number of nitro benzene ring substituents is 1. The summed E-state index contributed by atoms with van der Waals surface area (Å²) < 4.78 is 0. The molecule has 0 fully saturated rings. The van der Waals surface area contributed by atoms with Crippen LogP contribution in [0.2, 0.25) is 0 Å². The van der Waals surface area contributed by atoms with Gasteiger partial charge in [-0.1, -0.05) is 18.2 Å².